The summed E-state index contributed by atoms with van der Waals surface area (Å²) in [5, 5.41) is 2.70. The van der Waals surface area contributed by atoms with Crippen LogP contribution in [-0.4, -0.2) is 23.7 Å². The van der Waals surface area contributed by atoms with Crippen molar-refractivity contribution in [3.63, 3.8) is 0 Å². The van der Waals surface area contributed by atoms with Crippen molar-refractivity contribution in [2.45, 2.75) is 51.5 Å². The molecular weight excluding hydrogens is 218 g/mol. The van der Waals surface area contributed by atoms with Gasteiger partial charge in [0.05, 0.1) is 6.04 Å². The molecule has 0 bridgehead atoms. The van der Waals surface area contributed by atoms with Crippen LogP contribution in [0.2, 0.25) is 0 Å². The first-order valence-corrected chi connectivity index (χ1v) is 6.26. The summed E-state index contributed by atoms with van der Waals surface area (Å²) in [7, 11) is 0. The number of hydrogen-bond acceptors (Lipinski definition) is 3. The highest BCUT2D eigenvalue weighted by atomic mass is 16.2. The highest BCUT2D eigenvalue weighted by Crippen LogP contribution is 2.38. The van der Waals surface area contributed by atoms with Gasteiger partial charge in [0.2, 0.25) is 5.91 Å². The van der Waals surface area contributed by atoms with Crippen LogP contribution in [0.3, 0.4) is 0 Å². The van der Waals surface area contributed by atoms with Crippen molar-refractivity contribution >= 4 is 17.6 Å². The second-order valence-corrected chi connectivity index (χ2v) is 5.04. The molecule has 1 aliphatic carbocycles. The van der Waals surface area contributed by atoms with E-state index in [4.69, 9.17) is 5.73 Å². The van der Waals surface area contributed by atoms with Crippen LogP contribution < -0.4 is 11.1 Å². The Kier molecular flexibility index (Phi) is 3.28. The maximum Gasteiger partial charge on any atom is 0.263 e. The molecule has 1 spiro atoms. The Morgan fingerprint density at radius 3 is 2.29 bits per heavy atom. The monoisotopic (exact) mass is 237 g/mol. The zero-order valence-electron chi connectivity index (χ0n) is 10.2. The van der Waals surface area contributed by atoms with Crippen molar-refractivity contribution in [2.75, 3.05) is 0 Å². The summed E-state index contributed by atoms with van der Waals surface area (Å²) >= 11 is 0. The minimum absolute atomic E-state index is 0.202. The normalized spacial score (nSPS) is 26.1. The van der Waals surface area contributed by atoms with Gasteiger partial charge in [0.15, 0.2) is 0 Å². The van der Waals surface area contributed by atoms with E-state index in [9.17, 15) is 9.59 Å². The van der Waals surface area contributed by atoms with E-state index in [1.807, 2.05) is 0 Å². The Balaban J connectivity index is 2.30. The third-order valence-corrected chi connectivity index (χ3v) is 3.70. The van der Waals surface area contributed by atoms with Crippen molar-refractivity contribution in [3.05, 3.63) is 0 Å². The van der Waals surface area contributed by atoms with Crippen LogP contribution in [0.25, 0.3) is 0 Å². The second-order valence-electron chi connectivity index (χ2n) is 5.04. The molecule has 1 saturated carbocycles. The van der Waals surface area contributed by atoms with Crippen LogP contribution in [0.5, 0.6) is 0 Å². The van der Waals surface area contributed by atoms with E-state index in [0.717, 1.165) is 25.7 Å². The molecule has 17 heavy (non-hydrogen) atoms. The molecule has 0 aromatic rings. The third kappa shape index (κ3) is 2.11. The molecule has 3 N–H and O–H groups in total. The molecule has 2 aliphatic rings. The fourth-order valence-corrected chi connectivity index (χ4v) is 2.57. The average Bonchev–Trinajstić information content (AvgIpc) is 2.52. The first kappa shape index (κ1) is 12.2. The average molecular weight is 237 g/mol. The van der Waals surface area contributed by atoms with Gasteiger partial charge in [-0.2, -0.15) is 4.99 Å². The smallest absolute Gasteiger partial charge is 0.263 e. The molecule has 0 aromatic heterocycles. The van der Waals surface area contributed by atoms with E-state index in [-0.39, 0.29) is 11.8 Å². The van der Waals surface area contributed by atoms with E-state index in [1.54, 1.807) is 6.92 Å². The zero-order chi connectivity index (χ0) is 12.5. The summed E-state index contributed by atoms with van der Waals surface area (Å²) in [6, 6.07) is -0.411. The van der Waals surface area contributed by atoms with Gasteiger partial charge in [-0.25, -0.2) is 0 Å². The third-order valence-electron chi connectivity index (χ3n) is 3.70. The maximum absolute atomic E-state index is 12.2. The number of carbonyl (C=O) groups is 2. The number of amidine groups is 1. The lowest BCUT2D eigenvalue weighted by Gasteiger charge is -2.32. The summed E-state index contributed by atoms with van der Waals surface area (Å²) in [4.78, 5) is 28.3. The summed E-state index contributed by atoms with van der Waals surface area (Å²) in [5.74, 6) is -0.197. The molecule has 94 valence electrons. The molecule has 1 atom stereocenters. The number of nitrogens with zero attached hydrogens (tertiary/aromatic N) is 1. The van der Waals surface area contributed by atoms with Crippen molar-refractivity contribution in [2.24, 2.45) is 16.1 Å². The van der Waals surface area contributed by atoms with Gasteiger partial charge >= 0.3 is 0 Å². The number of nitrogens with one attached hydrogen (secondary N) is 1. The van der Waals surface area contributed by atoms with E-state index < -0.39 is 11.5 Å². The highest BCUT2D eigenvalue weighted by Gasteiger charge is 2.48. The Morgan fingerprint density at radius 2 is 1.82 bits per heavy atom. The lowest BCUT2D eigenvalue weighted by molar-refractivity contribution is -0.142. The van der Waals surface area contributed by atoms with Crippen molar-refractivity contribution in [1.82, 2.24) is 5.32 Å². The van der Waals surface area contributed by atoms with Crippen molar-refractivity contribution < 1.29 is 9.59 Å². The van der Waals surface area contributed by atoms with Crippen molar-refractivity contribution in [1.29, 1.82) is 0 Å². The predicted octanol–water partition coefficient (Wildman–Crippen LogP) is 0.729. The van der Waals surface area contributed by atoms with E-state index in [2.05, 4.69) is 10.3 Å². The second kappa shape index (κ2) is 4.56. The van der Waals surface area contributed by atoms with Crippen LogP contribution in [0.15, 0.2) is 4.99 Å². The summed E-state index contributed by atoms with van der Waals surface area (Å²) in [5.41, 5.74) is 4.73. The Bertz CT molecular complexity index is 366. The van der Waals surface area contributed by atoms with Gasteiger partial charge in [0.1, 0.15) is 11.3 Å². The predicted molar refractivity (Wildman–Crippen MR) is 64.4 cm³/mol. The van der Waals surface area contributed by atoms with Crippen LogP contribution >= 0.6 is 0 Å². The van der Waals surface area contributed by atoms with E-state index in [0.29, 0.717) is 18.7 Å². The quantitative estimate of drug-likeness (QED) is 0.659. The van der Waals surface area contributed by atoms with Gasteiger partial charge in [0.25, 0.3) is 5.91 Å². The van der Waals surface area contributed by atoms with E-state index >= 15 is 0 Å². The largest absolute Gasteiger partial charge is 0.322 e. The summed E-state index contributed by atoms with van der Waals surface area (Å²) in [6.45, 7) is 1.71. The number of aliphatic imine (C=N–C) groups is 1. The SMILES string of the molecule is CC(N)C1=NC(=O)C2(CCCCCC2)C(=O)N1. The number of rotatable bonds is 1. The molecule has 2 rings (SSSR count). The standard InChI is InChI=1S/C12H19N3O2/c1-8(13)9-14-10(16)12(11(17)15-9)6-4-2-3-5-7-12/h8H,2-7,13H2,1H3,(H,14,15,16,17). The van der Waals surface area contributed by atoms with Gasteiger partial charge in [0, 0.05) is 0 Å². The summed E-state index contributed by atoms with van der Waals surface area (Å²) < 4.78 is 0. The highest BCUT2D eigenvalue weighted by molar-refractivity contribution is 6.19. The minimum atomic E-state index is -0.908. The first-order valence-electron chi connectivity index (χ1n) is 6.26. The number of hydrogen-bond donors (Lipinski definition) is 2. The Labute approximate surface area is 101 Å². The molecule has 1 aliphatic heterocycles. The van der Waals surface area contributed by atoms with Crippen LogP contribution in [0, 0.1) is 5.41 Å². The van der Waals surface area contributed by atoms with Crippen molar-refractivity contribution in [3.8, 4) is 0 Å². The fourth-order valence-electron chi connectivity index (χ4n) is 2.57. The first-order chi connectivity index (χ1) is 8.06. The topological polar surface area (TPSA) is 84.5 Å². The van der Waals surface area contributed by atoms with Gasteiger partial charge in [-0.05, 0) is 19.8 Å². The zero-order valence-corrected chi connectivity index (χ0v) is 10.2. The molecule has 2 amide bonds. The lowest BCUT2D eigenvalue weighted by Crippen LogP contribution is -2.56. The van der Waals surface area contributed by atoms with Gasteiger partial charge in [-0.15, -0.1) is 0 Å². The van der Waals surface area contributed by atoms with Crippen LogP contribution in [-0.2, 0) is 9.59 Å². The number of carbonyl (C=O) groups excluding carboxylic acids is 2. The van der Waals surface area contributed by atoms with Gasteiger partial charge in [-0.1, -0.05) is 25.7 Å². The summed E-state index contributed by atoms with van der Waals surface area (Å²) in [6.07, 6.45) is 5.25. The molecule has 5 nitrogen and oxygen atoms in total. The number of amides is 2. The van der Waals surface area contributed by atoms with Gasteiger partial charge in [-0.3, -0.25) is 9.59 Å². The maximum atomic E-state index is 12.2. The number of nitrogens with two attached hydrogens (primary N) is 1. The molecule has 0 aromatic carbocycles. The molecule has 5 heteroatoms. The minimum Gasteiger partial charge on any atom is -0.322 e. The Hall–Kier alpha value is -1.23. The molecule has 1 heterocycles. The Morgan fingerprint density at radius 1 is 1.24 bits per heavy atom. The fraction of sp³-hybridized carbons (Fsp3) is 0.750. The van der Waals surface area contributed by atoms with Crippen LogP contribution in [0.1, 0.15) is 45.4 Å². The lowest BCUT2D eigenvalue weighted by atomic mass is 9.77. The molecule has 1 fully saturated rings. The molecular formula is C12H19N3O2. The molecule has 0 radical (unpaired) electrons. The molecule has 0 saturated heterocycles. The van der Waals surface area contributed by atoms with Gasteiger partial charge < -0.3 is 11.1 Å². The van der Waals surface area contributed by atoms with E-state index in [1.165, 1.54) is 0 Å². The van der Waals surface area contributed by atoms with Crippen LogP contribution in [0.4, 0.5) is 0 Å². The molecule has 1 unspecified atom stereocenters.